The van der Waals surface area contributed by atoms with Crippen LogP contribution in [0.3, 0.4) is 0 Å². The molecular weight excluding hydrogens is 278 g/mol. The summed E-state index contributed by atoms with van der Waals surface area (Å²) in [6.07, 6.45) is 5.70. The normalized spacial score (nSPS) is 22.8. The van der Waals surface area contributed by atoms with Crippen molar-refractivity contribution in [3.05, 3.63) is 23.9 Å². The van der Waals surface area contributed by atoms with Crippen molar-refractivity contribution in [2.75, 3.05) is 38.8 Å². The number of anilines is 1. The minimum Gasteiger partial charge on any atom is -0.381 e. The number of nitrogens with zero attached hydrogens (tertiary/aromatic N) is 3. The minimum atomic E-state index is 0.143. The summed E-state index contributed by atoms with van der Waals surface area (Å²) in [5, 5.41) is 0. The zero-order valence-electron chi connectivity index (χ0n) is 13.5. The first-order valence-corrected chi connectivity index (χ1v) is 8.18. The maximum absolute atomic E-state index is 12.8. The topological polar surface area (TPSA) is 45.7 Å². The summed E-state index contributed by atoms with van der Waals surface area (Å²) in [5.74, 6) is 1.40. The van der Waals surface area contributed by atoms with Gasteiger partial charge >= 0.3 is 0 Å². The second-order valence-corrected chi connectivity index (χ2v) is 6.42. The Morgan fingerprint density at radius 3 is 2.82 bits per heavy atom. The second kappa shape index (κ2) is 6.65. The van der Waals surface area contributed by atoms with Crippen molar-refractivity contribution < 1.29 is 9.53 Å². The molecule has 2 fully saturated rings. The number of hydrogen-bond donors (Lipinski definition) is 0. The molecule has 0 N–H and O–H groups in total. The van der Waals surface area contributed by atoms with Gasteiger partial charge in [-0.15, -0.1) is 0 Å². The van der Waals surface area contributed by atoms with Gasteiger partial charge in [0, 0.05) is 46.0 Å². The highest BCUT2D eigenvalue weighted by Gasteiger charge is 2.34. The average Bonchev–Trinajstić information content (AvgIpc) is 3.04. The molecule has 0 unspecified atom stereocenters. The molecule has 5 nitrogen and oxygen atoms in total. The highest BCUT2D eigenvalue weighted by Crippen LogP contribution is 2.35. The lowest BCUT2D eigenvalue weighted by Crippen LogP contribution is -2.38. The number of likely N-dealkylation sites (tertiary alicyclic amines) is 1. The van der Waals surface area contributed by atoms with Crippen molar-refractivity contribution in [2.45, 2.75) is 31.7 Å². The quantitative estimate of drug-likeness (QED) is 0.859. The molecule has 22 heavy (non-hydrogen) atoms. The van der Waals surface area contributed by atoms with Crippen molar-refractivity contribution in [3.8, 4) is 0 Å². The SMILES string of the molecule is CN(C)c1cc([C@@H]2CCCN2C(=O)C2CCOCC2)ccn1. The monoisotopic (exact) mass is 303 g/mol. The van der Waals surface area contributed by atoms with Gasteiger partial charge in [-0.2, -0.15) is 0 Å². The summed E-state index contributed by atoms with van der Waals surface area (Å²) in [6.45, 7) is 2.31. The first kappa shape index (κ1) is 15.3. The summed E-state index contributed by atoms with van der Waals surface area (Å²) in [7, 11) is 3.98. The number of amides is 1. The fraction of sp³-hybridized carbons (Fsp3) is 0.647. The summed E-state index contributed by atoms with van der Waals surface area (Å²) in [4.78, 5) is 21.3. The molecule has 3 rings (SSSR count). The van der Waals surface area contributed by atoms with E-state index in [2.05, 4.69) is 16.0 Å². The Labute approximate surface area is 132 Å². The Hall–Kier alpha value is -1.62. The van der Waals surface area contributed by atoms with Gasteiger partial charge in [-0.25, -0.2) is 4.98 Å². The van der Waals surface area contributed by atoms with Crippen molar-refractivity contribution in [2.24, 2.45) is 5.92 Å². The third kappa shape index (κ3) is 3.09. The van der Waals surface area contributed by atoms with Crippen LogP contribution in [0.15, 0.2) is 18.3 Å². The van der Waals surface area contributed by atoms with Crippen LogP contribution < -0.4 is 4.90 Å². The maximum atomic E-state index is 12.8. The van der Waals surface area contributed by atoms with Gasteiger partial charge in [0.1, 0.15) is 5.82 Å². The van der Waals surface area contributed by atoms with E-state index in [4.69, 9.17) is 4.74 Å². The van der Waals surface area contributed by atoms with Crippen LogP contribution in [-0.4, -0.2) is 49.6 Å². The zero-order chi connectivity index (χ0) is 15.5. The lowest BCUT2D eigenvalue weighted by Gasteiger charge is -2.31. The molecule has 0 aliphatic carbocycles. The lowest BCUT2D eigenvalue weighted by atomic mass is 9.97. The summed E-state index contributed by atoms with van der Waals surface area (Å²) in [5.41, 5.74) is 1.21. The molecule has 120 valence electrons. The summed E-state index contributed by atoms with van der Waals surface area (Å²) >= 11 is 0. The predicted octanol–water partition coefficient (Wildman–Crippen LogP) is 2.24. The lowest BCUT2D eigenvalue weighted by molar-refractivity contribution is -0.139. The molecule has 1 aromatic rings. The molecule has 1 aromatic heterocycles. The van der Waals surface area contributed by atoms with E-state index in [0.29, 0.717) is 5.91 Å². The van der Waals surface area contributed by atoms with Crippen LogP contribution in [0.4, 0.5) is 5.82 Å². The van der Waals surface area contributed by atoms with E-state index >= 15 is 0 Å². The van der Waals surface area contributed by atoms with Crippen LogP contribution >= 0.6 is 0 Å². The Balaban J connectivity index is 1.77. The van der Waals surface area contributed by atoms with E-state index in [1.165, 1.54) is 5.56 Å². The third-order valence-corrected chi connectivity index (χ3v) is 4.72. The van der Waals surface area contributed by atoms with Crippen molar-refractivity contribution in [1.82, 2.24) is 9.88 Å². The van der Waals surface area contributed by atoms with E-state index in [1.54, 1.807) is 0 Å². The molecule has 1 atom stereocenters. The summed E-state index contributed by atoms with van der Waals surface area (Å²) in [6, 6.07) is 4.37. The molecule has 0 saturated carbocycles. The largest absolute Gasteiger partial charge is 0.381 e. The van der Waals surface area contributed by atoms with E-state index < -0.39 is 0 Å². The van der Waals surface area contributed by atoms with E-state index in [1.807, 2.05) is 31.3 Å². The number of hydrogen-bond acceptors (Lipinski definition) is 4. The van der Waals surface area contributed by atoms with Crippen LogP contribution in [0, 0.1) is 5.92 Å². The molecule has 2 aliphatic rings. The molecule has 0 radical (unpaired) electrons. The highest BCUT2D eigenvalue weighted by molar-refractivity contribution is 5.79. The van der Waals surface area contributed by atoms with E-state index in [-0.39, 0.29) is 12.0 Å². The van der Waals surface area contributed by atoms with Gasteiger partial charge in [-0.3, -0.25) is 4.79 Å². The van der Waals surface area contributed by atoms with Gasteiger partial charge < -0.3 is 14.5 Å². The Morgan fingerprint density at radius 1 is 1.32 bits per heavy atom. The van der Waals surface area contributed by atoms with Crippen molar-refractivity contribution in [3.63, 3.8) is 0 Å². The van der Waals surface area contributed by atoms with Crippen LogP contribution in [0.1, 0.15) is 37.3 Å². The smallest absolute Gasteiger partial charge is 0.226 e. The van der Waals surface area contributed by atoms with Crippen molar-refractivity contribution in [1.29, 1.82) is 0 Å². The zero-order valence-corrected chi connectivity index (χ0v) is 13.5. The molecule has 1 amide bonds. The standard InChI is InChI=1S/C17H25N3O2/c1-19(2)16-12-14(5-8-18-16)15-4-3-9-20(15)17(21)13-6-10-22-11-7-13/h5,8,12-13,15H,3-4,6-7,9-11H2,1-2H3/t15-/m0/s1. The third-order valence-electron chi connectivity index (χ3n) is 4.72. The number of rotatable bonds is 3. The predicted molar refractivity (Wildman–Crippen MR) is 85.8 cm³/mol. The van der Waals surface area contributed by atoms with Crippen LogP contribution in [0.5, 0.6) is 0 Å². The Bertz CT molecular complexity index is 526. The minimum absolute atomic E-state index is 0.143. The van der Waals surface area contributed by atoms with Gasteiger partial charge in [-0.05, 0) is 43.4 Å². The van der Waals surface area contributed by atoms with Gasteiger partial charge in [0.15, 0.2) is 0 Å². The van der Waals surface area contributed by atoms with E-state index in [9.17, 15) is 4.79 Å². The Kier molecular flexibility index (Phi) is 4.62. The number of carbonyl (C=O) groups is 1. The molecule has 0 bridgehead atoms. The first-order valence-electron chi connectivity index (χ1n) is 8.18. The average molecular weight is 303 g/mol. The Morgan fingerprint density at radius 2 is 2.09 bits per heavy atom. The second-order valence-electron chi connectivity index (χ2n) is 6.42. The van der Waals surface area contributed by atoms with Crippen molar-refractivity contribution >= 4 is 11.7 Å². The van der Waals surface area contributed by atoms with Crippen LogP contribution in [-0.2, 0) is 9.53 Å². The molecular formula is C17H25N3O2. The van der Waals surface area contributed by atoms with Gasteiger partial charge in [0.2, 0.25) is 5.91 Å². The van der Waals surface area contributed by atoms with Gasteiger partial charge in [-0.1, -0.05) is 0 Å². The highest BCUT2D eigenvalue weighted by atomic mass is 16.5. The number of carbonyl (C=O) groups excluding carboxylic acids is 1. The van der Waals surface area contributed by atoms with Crippen LogP contribution in [0.25, 0.3) is 0 Å². The first-order chi connectivity index (χ1) is 10.7. The molecule has 2 saturated heterocycles. The van der Waals surface area contributed by atoms with Crippen LogP contribution in [0.2, 0.25) is 0 Å². The maximum Gasteiger partial charge on any atom is 0.226 e. The molecule has 3 heterocycles. The molecule has 2 aliphatic heterocycles. The molecule has 0 spiro atoms. The molecule has 0 aromatic carbocycles. The number of aromatic nitrogens is 1. The number of ether oxygens (including phenoxy) is 1. The molecule has 5 heteroatoms. The number of pyridine rings is 1. The van der Waals surface area contributed by atoms with Gasteiger partial charge in [0.05, 0.1) is 6.04 Å². The van der Waals surface area contributed by atoms with Gasteiger partial charge in [0.25, 0.3) is 0 Å². The fourth-order valence-electron chi connectivity index (χ4n) is 3.44. The van der Waals surface area contributed by atoms with E-state index in [0.717, 1.165) is 51.3 Å². The summed E-state index contributed by atoms with van der Waals surface area (Å²) < 4.78 is 5.38. The fourth-order valence-corrected chi connectivity index (χ4v) is 3.44.